The van der Waals surface area contributed by atoms with Crippen LogP contribution in [0.2, 0.25) is 0 Å². The smallest absolute Gasteiger partial charge is 0.335 e. The zero-order valence-electron chi connectivity index (χ0n) is 13.2. The van der Waals surface area contributed by atoms with Crippen molar-refractivity contribution in [2.24, 2.45) is 0 Å². The van der Waals surface area contributed by atoms with Gasteiger partial charge in [-0.1, -0.05) is 18.2 Å². The lowest BCUT2D eigenvalue weighted by Gasteiger charge is -2.26. The molecule has 1 aliphatic heterocycles. The van der Waals surface area contributed by atoms with Gasteiger partial charge in [-0.05, 0) is 42.0 Å². The summed E-state index contributed by atoms with van der Waals surface area (Å²) in [5, 5.41) is 2.08. The highest BCUT2D eigenvalue weighted by molar-refractivity contribution is 6.39. The molecular weight excluding hydrogens is 327 g/mol. The second-order valence-electron chi connectivity index (χ2n) is 5.21. The van der Waals surface area contributed by atoms with Crippen LogP contribution in [0.1, 0.15) is 5.56 Å². The van der Waals surface area contributed by atoms with Crippen molar-refractivity contribution in [2.75, 3.05) is 12.0 Å². The quantitative estimate of drug-likeness (QED) is 0.688. The highest BCUT2D eigenvalue weighted by Crippen LogP contribution is 2.23. The largest absolute Gasteiger partial charge is 0.497 e. The number of benzene rings is 2. The predicted octanol–water partition coefficient (Wildman–Crippen LogP) is 2.50. The fraction of sp³-hybridized carbons (Fsp3) is 0.0556. The molecule has 4 amide bonds. The maximum Gasteiger partial charge on any atom is 0.335 e. The highest BCUT2D eigenvalue weighted by atomic mass is 19.1. The number of urea groups is 1. The lowest BCUT2D eigenvalue weighted by Crippen LogP contribution is -2.54. The number of amides is 4. The molecule has 0 radical (unpaired) electrons. The number of nitrogens with zero attached hydrogens (tertiary/aromatic N) is 1. The minimum atomic E-state index is -0.924. The van der Waals surface area contributed by atoms with Gasteiger partial charge in [0.15, 0.2) is 0 Å². The first-order valence-electron chi connectivity index (χ1n) is 7.30. The number of halogens is 1. The van der Waals surface area contributed by atoms with Gasteiger partial charge >= 0.3 is 6.03 Å². The number of hydrogen-bond donors (Lipinski definition) is 1. The summed E-state index contributed by atoms with van der Waals surface area (Å²) in [6.07, 6.45) is 1.36. The minimum Gasteiger partial charge on any atom is -0.497 e. The Bertz CT molecular complexity index is 890. The van der Waals surface area contributed by atoms with E-state index in [1.165, 1.54) is 31.4 Å². The number of imide groups is 2. The van der Waals surface area contributed by atoms with Gasteiger partial charge in [0.2, 0.25) is 0 Å². The van der Waals surface area contributed by atoms with Gasteiger partial charge in [0.05, 0.1) is 12.8 Å². The Morgan fingerprint density at radius 3 is 2.44 bits per heavy atom. The number of hydrogen-bond acceptors (Lipinski definition) is 4. The molecule has 1 fully saturated rings. The Balaban J connectivity index is 1.98. The average molecular weight is 340 g/mol. The Morgan fingerprint density at radius 1 is 1.08 bits per heavy atom. The Morgan fingerprint density at radius 2 is 1.80 bits per heavy atom. The fourth-order valence-electron chi connectivity index (χ4n) is 2.37. The molecule has 3 rings (SSSR count). The number of carbonyl (C=O) groups is 3. The Hall–Kier alpha value is -3.48. The van der Waals surface area contributed by atoms with Gasteiger partial charge in [0.1, 0.15) is 17.1 Å². The average Bonchev–Trinajstić information content (AvgIpc) is 2.59. The van der Waals surface area contributed by atoms with Crippen molar-refractivity contribution in [1.29, 1.82) is 0 Å². The summed E-state index contributed by atoms with van der Waals surface area (Å²) in [6, 6.07) is 10.8. The molecule has 0 saturated carbocycles. The van der Waals surface area contributed by atoms with E-state index in [0.29, 0.717) is 11.3 Å². The van der Waals surface area contributed by atoms with Crippen LogP contribution in [0.4, 0.5) is 14.9 Å². The van der Waals surface area contributed by atoms with Gasteiger partial charge in [-0.3, -0.25) is 14.9 Å². The zero-order valence-corrected chi connectivity index (χ0v) is 13.2. The van der Waals surface area contributed by atoms with Gasteiger partial charge in [-0.25, -0.2) is 14.1 Å². The molecule has 126 valence electrons. The number of rotatable bonds is 3. The van der Waals surface area contributed by atoms with Gasteiger partial charge in [-0.2, -0.15) is 0 Å². The molecule has 0 aromatic heterocycles. The highest BCUT2D eigenvalue weighted by Gasteiger charge is 2.36. The van der Waals surface area contributed by atoms with E-state index < -0.39 is 23.7 Å². The van der Waals surface area contributed by atoms with Crippen molar-refractivity contribution in [2.45, 2.75) is 0 Å². The summed E-state index contributed by atoms with van der Waals surface area (Å²) < 4.78 is 18.5. The molecule has 2 aromatic carbocycles. The molecule has 1 N–H and O–H groups in total. The van der Waals surface area contributed by atoms with E-state index in [9.17, 15) is 18.8 Å². The van der Waals surface area contributed by atoms with Crippen LogP contribution >= 0.6 is 0 Å². The first-order chi connectivity index (χ1) is 12.0. The Labute approximate surface area is 142 Å². The van der Waals surface area contributed by atoms with E-state index in [2.05, 4.69) is 5.32 Å². The molecule has 0 aliphatic carbocycles. The van der Waals surface area contributed by atoms with Crippen molar-refractivity contribution in [3.8, 4) is 5.75 Å². The van der Waals surface area contributed by atoms with Crippen LogP contribution < -0.4 is 15.0 Å². The standard InChI is InChI=1S/C18H13FN2O4/c1-25-14-7-5-11(6-8-14)9-15-16(22)20-18(24)21(17(15)23)13-4-2-3-12(19)10-13/h2-10H,1H3,(H,20,22,24)/b15-9+. The lowest BCUT2D eigenvalue weighted by molar-refractivity contribution is -0.122. The fourth-order valence-corrected chi connectivity index (χ4v) is 2.37. The Kier molecular flexibility index (Phi) is 4.30. The summed E-state index contributed by atoms with van der Waals surface area (Å²) in [6.45, 7) is 0. The number of carbonyl (C=O) groups excluding carboxylic acids is 3. The third kappa shape index (κ3) is 3.25. The van der Waals surface area contributed by atoms with Crippen LogP contribution in [0.3, 0.4) is 0 Å². The van der Waals surface area contributed by atoms with Crippen LogP contribution in [0.15, 0.2) is 54.1 Å². The van der Waals surface area contributed by atoms with Crippen molar-refractivity contribution < 1.29 is 23.5 Å². The molecule has 7 heteroatoms. The molecule has 1 aliphatic rings. The molecule has 6 nitrogen and oxygen atoms in total. The third-order valence-corrected chi connectivity index (χ3v) is 3.59. The SMILES string of the molecule is COc1ccc(/C=C2\C(=O)NC(=O)N(c3cccc(F)c3)C2=O)cc1. The topological polar surface area (TPSA) is 75.7 Å². The summed E-state index contributed by atoms with van der Waals surface area (Å²) in [7, 11) is 1.52. The van der Waals surface area contributed by atoms with Crippen molar-refractivity contribution in [3.63, 3.8) is 0 Å². The molecule has 0 spiro atoms. The molecule has 0 unspecified atom stereocenters. The summed E-state index contributed by atoms with van der Waals surface area (Å²) in [4.78, 5) is 37.4. The van der Waals surface area contributed by atoms with Gasteiger partial charge in [0.25, 0.3) is 11.8 Å². The third-order valence-electron chi connectivity index (χ3n) is 3.59. The van der Waals surface area contributed by atoms with Crippen LogP contribution in [0.25, 0.3) is 6.08 Å². The number of methoxy groups -OCH3 is 1. The van der Waals surface area contributed by atoms with Crippen LogP contribution in [-0.4, -0.2) is 25.0 Å². The first-order valence-corrected chi connectivity index (χ1v) is 7.30. The summed E-state index contributed by atoms with van der Waals surface area (Å²) in [5.41, 5.74) is 0.387. The van der Waals surface area contributed by atoms with Crippen molar-refractivity contribution in [1.82, 2.24) is 5.32 Å². The maximum absolute atomic E-state index is 13.4. The molecule has 25 heavy (non-hydrogen) atoms. The van der Waals surface area contributed by atoms with Gasteiger partial charge in [-0.15, -0.1) is 0 Å². The molecular formula is C18H13FN2O4. The second kappa shape index (κ2) is 6.56. The predicted molar refractivity (Wildman–Crippen MR) is 88.4 cm³/mol. The van der Waals surface area contributed by atoms with Crippen LogP contribution in [0, 0.1) is 5.82 Å². The molecule has 1 heterocycles. The van der Waals surface area contributed by atoms with Crippen LogP contribution in [-0.2, 0) is 9.59 Å². The van der Waals surface area contributed by atoms with E-state index in [1.807, 2.05) is 0 Å². The number of anilines is 1. The van der Waals surface area contributed by atoms with Crippen molar-refractivity contribution in [3.05, 3.63) is 65.5 Å². The molecule has 2 aromatic rings. The number of barbiturate groups is 1. The first kappa shape index (κ1) is 16.4. The van der Waals surface area contributed by atoms with Crippen LogP contribution in [0.5, 0.6) is 5.75 Å². The molecule has 0 bridgehead atoms. The van der Waals surface area contributed by atoms with E-state index in [4.69, 9.17) is 4.74 Å². The number of ether oxygens (including phenoxy) is 1. The van der Waals surface area contributed by atoms with E-state index in [0.717, 1.165) is 11.0 Å². The normalized spacial score (nSPS) is 16.2. The van der Waals surface area contributed by atoms with E-state index in [-0.39, 0.29) is 11.3 Å². The minimum absolute atomic E-state index is 0.0376. The second-order valence-corrected chi connectivity index (χ2v) is 5.21. The maximum atomic E-state index is 13.4. The number of nitrogens with one attached hydrogen (secondary N) is 1. The molecule has 0 atom stereocenters. The lowest BCUT2D eigenvalue weighted by atomic mass is 10.1. The van der Waals surface area contributed by atoms with Gasteiger partial charge < -0.3 is 4.74 Å². The monoisotopic (exact) mass is 340 g/mol. The van der Waals surface area contributed by atoms with Crippen molar-refractivity contribution >= 4 is 29.6 Å². The van der Waals surface area contributed by atoms with E-state index in [1.54, 1.807) is 24.3 Å². The molecule has 1 saturated heterocycles. The summed E-state index contributed by atoms with van der Waals surface area (Å²) in [5.74, 6) is -1.61. The van der Waals surface area contributed by atoms with E-state index >= 15 is 0 Å². The summed E-state index contributed by atoms with van der Waals surface area (Å²) >= 11 is 0. The zero-order chi connectivity index (χ0) is 18.0. The van der Waals surface area contributed by atoms with Gasteiger partial charge in [0, 0.05) is 0 Å².